The Morgan fingerprint density at radius 3 is 2.67 bits per heavy atom. The van der Waals surface area contributed by atoms with E-state index < -0.39 is 0 Å². The second-order valence-corrected chi connectivity index (χ2v) is 1.91. The van der Waals surface area contributed by atoms with Crippen molar-refractivity contribution in [2.24, 2.45) is 5.73 Å². The topological polar surface area (TPSA) is 26.0 Å². The SMILES string of the molecule is C=C(C)/C=C\C/C=C/N. The van der Waals surface area contributed by atoms with Crippen molar-refractivity contribution in [1.29, 1.82) is 0 Å². The highest BCUT2D eigenvalue weighted by atomic mass is 14.5. The number of nitrogens with two attached hydrogens (primary N) is 1. The Balaban J connectivity index is 3.36. The molecule has 0 saturated carbocycles. The van der Waals surface area contributed by atoms with Gasteiger partial charge in [-0.15, -0.1) is 0 Å². The summed E-state index contributed by atoms with van der Waals surface area (Å²) in [6.45, 7) is 5.67. The van der Waals surface area contributed by atoms with Crippen LogP contribution < -0.4 is 5.73 Å². The molecule has 0 amide bonds. The highest BCUT2D eigenvalue weighted by molar-refractivity contribution is 5.11. The average Bonchev–Trinajstić information content (AvgIpc) is 1.80. The van der Waals surface area contributed by atoms with Gasteiger partial charge in [0.25, 0.3) is 0 Å². The van der Waals surface area contributed by atoms with E-state index in [1.165, 1.54) is 0 Å². The normalized spacial score (nSPS) is 11.2. The Labute approximate surface area is 56.6 Å². The number of hydrogen-bond acceptors (Lipinski definition) is 1. The minimum atomic E-state index is 0.892. The molecule has 1 heteroatoms. The molecule has 0 fully saturated rings. The summed E-state index contributed by atoms with van der Waals surface area (Å²) in [5, 5.41) is 0. The van der Waals surface area contributed by atoms with Crippen molar-refractivity contribution in [3.8, 4) is 0 Å². The molecule has 0 aliphatic rings. The van der Waals surface area contributed by atoms with Crippen LogP contribution >= 0.6 is 0 Å². The molecule has 1 nitrogen and oxygen atoms in total. The van der Waals surface area contributed by atoms with Gasteiger partial charge in [-0.05, 0) is 19.5 Å². The predicted octanol–water partition coefficient (Wildman–Crippen LogP) is 1.98. The second-order valence-electron chi connectivity index (χ2n) is 1.91. The molecule has 0 heterocycles. The van der Waals surface area contributed by atoms with E-state index in [4.69, 9.17) is 5.73 Å². The molecule has 50 valence electrons. The molecule has 2 N–H and O–H groups in total. The fourth-order valence-electron chi connectivity index (χ4n) is 0.426. The predicted molar refractivity (Wildman–Crippen MR) is 41.9 cm³/mol. The first-order chi connectivity index (χ1) is 4.27. The van der Waals surface area contributed by atoms with Gasteiger partial charge >= 0.3 is 0 Å². The van der Waals surface area contributed by atoms with Gasteiger partial charge in [-0.2, -0.15) is 0 Å². The zero-order valence-electron chi connectivity index (χ0n) is 5.80. The molecule has 0 rings (SSSR count). The molecule has 0 aliphatic carbocycles. The molecular formula is C8H13N. The van der Waals surface area contributed by atoms with Gasteiger partial charge in [-0.25, -0.2) is 0 Å². The summed E-state index contributed by atoms with van der Waals surface area (Å²) < 4.78 is 0. The maximum atomic E-state index is 5.11. The lowest BCUT2D eigenvalue weighted by Crippen LogP contribution is -1.73. The summed E-state index contributed by atoms with van der Waals surface area (Å²) >= 11 is 0. The van der Waals surface area contributed by atoms with Crippen molar-refractivity contribution in [2.45, 2.75) is 13.3 Å². The maximum absolute atomic E-state index is 5.11. The zero-order valence-corrected chi connectivity index (χ0v) is 5.80. The Kier molecular flexibility index (Phi) is 4.60. The van der Waals surface area contributed by atoms with Gasteiger partial charge in [-0.1, -0.05) is 30.4 Å². The molecule has 0 bridgehead atoms. The van der Waals surface area contributed by atoms with Crippen LogP contribution in [0.15, 0.2) is 36.6 Å². The summed E-state index contributed by atoms with van der Waals surface area (Å²) in [4.78, 5) is 0. The minimum absolute atomic E-state index is 0.892. The van der Waals surface area contributed by atoms with Gasteiger partial charge < -0.3 is 5.73 Å². The quantitative estimate of drug-likeness (QED) is 0.570. The van der Waals surface area contributed by atoms with Crippen molar-refractivity contribution in [1.82, 2.24) is 0 Å². The minimum Gasteiger partial charge on any atom is -0.405 e. The van der Waals surface area contributed by atoms with Gasteiger partial charge in [0, 0.05) is 0 Å². The molecule has 0 aromatic carbocycles. The largest absolute Gasteiger partial charge is 0.405 e. The maximum Gasteiger partial charge on any atom is -0.00999 e. The number of allylic oxidation sites excluding steroid dienone is 4. The molecular weight excluding hydrogens is 110 g/mol. The third kappa shape index (κ3) is 7.02. The zero-order chi connectivity index (χ0) is 7.11. The summed E-state index contributed by atoms with van der Waals surface area (Å²) in [5.74, 6) is 0. The van der Waals surface area contributed by atoms with Crippen LogP contribution in [0.4, 0.5) is 0 Å². The third-order valence-electron chi connectivity index (χ3n) is 0.811. The third-order valence-corrected chi connectivity index (χ3v) is 0.811. The number of hydrogen-bond donors (Lipinski definition) is 1. The first-order valence-electron chi connectivity index (χ1n) is 2.96. The van der Waals surface area contributed by atoms with Gasteiger partial charge in [0.2, 0.25) is 0 Å². The summed E-state index contributed by atoms with van der Waals surface area (Å²) in [5.41, 5.74) is 6.18. The van der Waals surface area contributed by atoms with Crippen LogP contribution in [-0.4, -0.2) is 0 Å². The van der Waals surface area contributed by atoms with Crippen LogP contribution in [0.25, 0.3) is 0 Å². The monoisotopic (exact) mass is 123 g/mol. The number of rotatable bonds is 3. The lowest BCUT2D eigenvalue weighted by atomic mass is 10.3. The lowest BCUT2D eigenvalue weighted by molar-refractivity contribution is 1.35. The Bertz CT molecular complexity index is 132. The first-order valence-corrected chi connectivity index (χ1v) is 2.96. The summed E-state index contributed by atoms with van der Waals surface area (Å²) in [6.07, 6.45) is 8.32. The molecule has 0 radical (unpaired) electrons. The van der Waals surface area contributed by atoms with Gasteiger partial charge in [0.15, 0.2) is 0 Å². The van der Waals surface area contributed by atoms with E-state index in [0.717, 1.165) is 12.0 Å². The smallest absolute Gasteiger partial charge is 0.00999 e. The van der Waals surface area contributed by atoms with E-state index in [9.17, 15) is 0 Å². The molecule has 0 saturated heterocycles. The average molecular weight is 123 g/mol. The summed E-state index contributed by atoms with van der Waals surface area (Å²) in [7, 11) is 0. The van der Waals surface area contributed by atoms with Crippen molar-refractivity contribution in [2.75, 3.05) is 0 Å². The van der Waals surface area contributed by atoms with E-state index >= 15 is 0 Å². The summed E-state index contributed by atoms with van der Waals surface area (Å²) in [6, 6.07) is 0. The van der Waals surface area contributed by atoms with Crippen molar-refractivity contribution in [3.05, 3.63) is 36.6 Å². The highest BCUT2D eigenvalue weighted by Crippen LogP contribution is 1.91. The van der Waals surface area contributed by atoms with Crippen LogP contribution in [0, 0.1) is 0 Å². The van der Waals surface area contributed by atoms with E-state index in [-0.39, 0.29) is 0 Å². The molecule has 9 heavy (non-hydrogen) atoms. The van der Waals surface area contributed by atoms with Gasteiger partial charge in [0.05, 0.1) is 0 Å². The Morgan fingerprint density at radius 2 is 2.22 bits per heavy atom. The molecule has 0 spiro atoms. The molecule has 0 aromatic heterocycles. The van der Waals surface area contributed by atoms with Crippen LogP contribution in [-0.2, 0) is 0 Å². The van der Waals surface area contributed by atoms with Gasteiger partial charge in [-0.3, -0.25) is 0 Å². The van der Waals surface area contributed by atoms with Crippen LogP contribution in [0.3, 0.4) is 0 Å². The molecule has 0 unspecified atom stereocenters. The van der Waals surface area contributed by atoms with Gasteiger partial charge in [0.1, 0.15) is 0 Å². The van der Waals surface area contributed by atoms with Crippen LogP contribution in [0.2, 0.25) is 0 Å². The standard InChI is InChI=1S/C8H13N/c1-8(2)6-4-3-5-7-9/h4-7H,1,3,9H2,2H3/b6-4-,7-5+. The first kappa shape index (κ1) is 8.02. The molecule has 0 aliphatic heterocycles. The second kappa shape index (κ2) is 5.16. The van der Waals surface area contributed by atoms with E-state index in [0.29, 0.717) is 0 Å². The Hall–Kier alpha value is -0.980. The van der Waals surface area contributed by atoms with Crippen molar-refractivity contribution in [3.63, 3.8) is 0 Å². The van der Waals surface area contributed by atoms with Crippen LogP contribution in [0.5, 0.6) is 0 Å². The lowest BCUT2D eigenvalue weighted by Gasteiger charge is -1.82. The van der Waals surface area contributed by atoms with Crippen molar-refractivity contribution >= 4 is 0 Å². The fraction of sp³-hybridized carbons (Fsp3) is 0.250. The molecule has 0 atom stereocenters. The fourth-order valence-corrected chi connectivity index (χ4v) is 0.426. The van der Waals surface area contributed by atoms with Crippen LogP contribution in [0.1, 0.15) is 13.3 Å². The molecule has 0 aromatic rings. The highest BCUT2D eigenvalue weighted by Gasteiger charge is 1.70. The van der Waals surface area contributed by atoms with E-state index in [2.05, 4.69) is 6.58 Å². The Morgan fingerprint density at radius 1 is 1.56 bits per heavy atom. The van der Waals surface area contributed by atoms with E-state index in [1.54, 1.807) is 6.20 Å². The van der Waals surface area contributed by atoms with E-state index in [1.807, 2.05) is 25.2 Å². The van der Waals surface area contributed by atoms with Crippen molar-refractivity contribution < 1.29 is 0 Å².